The summed E-state index contributed by atoms with van der Waals surface area (Å²) in [5.74, 6) is 0.0779. The third-order valence-electron chi connectivity index (χ3n) is 4.43. The summed E-state index contributed by atoms with van der Waals surface area (Å²) in [7, 11) is 0. The van der Waals surface area contributed by atoms with Gasteiger partial charge in [0.1, 0.15) is 0 Å². The van der Waals surface area contributed by atoms with Crippen molar-refractivity contribution in [2.45, 2.75) is 37.6 Å². The predicted molar refractivity (Wildman–Crippen MR) is 94.3 cm³/mol. The number of rotatable bonds is 5. The van der Waals surface area contributed by atoms with Crippen LogP contribution in [0.2, 0.25) is 0 Å². The highest BCUT2D eigenvalue weighted by Gasteiger charge is 2.33. The number of para-hydroxylation sites is 1. The Kier molecular flexibility index (Phi) is 5.89. The Morgan fingerprint density at radius 2 is 2.18 bits per heavy atom. The van der Waals surface area contributed by atoms with E-state index < -0.39 is 0 Å². The second kappa shape index (κ2) is 7.49. The molecule has 5 heteroatoms. The van der Waals surface area contributed by atoms with Gasteiger partial charge in [-0.25, -0.2) is 0 Å². The van der Waals surface area contributed by atoms with Crippen LogP contribution in [0.3, 0.4) is 0 Å². The number of nitrogens with one attached hydrogen (secondary N) is 1. The fourth-order valence-corrected chi connectivity index (χ4v) is 3.45. The van der Waals surface area contributed by atoms with Crippen LogP contribution in [0.1, 0.15) is 26.7 Å². The van der Waals surface area contributed by atoms with Gasteiger partial charge in [-0.15, -0.1) is 11.8 Å². The van der Waals surface area contributed by atoms with Gasteiger partial charge in [-0.3, -0.25) is 4.79 Å². The zero-order valence-corrected chi connectivity index (χ0v) is 14.6. The van der Waals surface area contributed by atoms with Crippen LogP contribution < -0.4 is 11.1 Å². The number of benzene rings is 1. The van der Waals surface area contributed by atoms with Crippen molar-refractivity contribution in [2.75, 3.05) is 31.2 Å². The molecule has 3 N–H and O–H groups in total. The summed E-state index contributed by atoms with van der Waals surface area (Å²) in [5, 5.41) is 3.02. The van der Waals surface area contributed by atoms with Crippen molar-refractivity contribution in [1.82, 2.24) is 4.90 Å². The first-order chi connectivity index (χ1) is 10.4. The van der Waals surface area contributed by atoms with Gasteiger partial charge in [0.05, 0.1) is 5.69 Å². The average molecular weight is 321 g/mol. The third-order valence-corrected chi connectivity index (χ3v) is 5.22. The number of hydrogen-bond donors (Lipinski definition) is 2. The van der Waals surface area contributed by atoms with Gasteiger partial charge in [0.15, 0.2) is 0 Å². The zero-order chi connectivity index (χ0) is 16.2. The van der Waals surface area contributed by atoms with E-state index in [0.717, 1.165) is 36.6 Å². The number of anilines is 1. The van der Waals surface area contributed by atoms with Crippen molar-refractivity contribution < 1.29 is 4.79 Å². The molecule has 0 radical (unpaired) electrons. The molecule has 0 spiro atoms. The number of carbonyl (C=O) groups is 1. The number of nitrogens with two attached hydrogens (primary N) is 1. The molecule has 2 rings (SSSR count). The number of amides is 1. The standard InChI is InChI=1S/C17H27N3OS/c1-17(2)12-20(10-8-15(17)18)11-9-16(21)19-13-6-4-5-7-14(13)22-3/h4-7,15H,8-12,18H2,1-3H3,(H,19,21). The summed E-state index contributed by atoms with van der Waals surface area (Å²) in [6, 6.07) is 8.16. The highest BCUT2D eigenvalue weighted by atomic mass is 32.2. The van der Waals surface area contributed by atoms with Crippen molar-refractivity contribution >= 4 is 23.4 Å². The molecule has 1 heterocycles. The van der Waals surface area contributed by atoms with Crippen molar-refractivity contribution in [3.63, 3.8) is 0 Å². The van der Waals surface area contributed by atoms with Gasteiger partial charge in [-0.05, 0) is 36.8 Å². The van der Waals surface area contributed by atoms with E-state index in [2.05, 4.69) is 24.1 Å². The highest BCUT2D eigenvalue weighted by molar-refractivity contribution is 7.98. The smallest absolute Gasteiger partial charge is 0.225 e. The zero-order valence-electron chi connectivity index (χ0n) is 13.8. The number of likely N-dealkylation sites (tertiary alicyclic amines) is 1. The molecular weight excluding hydrogens is 294 g/mol. The van der Waals surface area contributed by atoms with E-state index in [0.29, 0.717) is 6.42 Å². The van der Waals surface area contributed by atoms with Crippen molar-refractivity contribution in [1.29, 1.82) is 0 Å². The van der Waals surface area contributed by atoms with E-state index in [9.17, 15) is 4.79 Å². The maximum atomic E-state index is 12.2. The molecule has 22 heavy (non-hydrogen) atoms. The third kappa shape index (κ3) is 4.48. The SMILES string of the molecule is CSc1ccccc1NC(=O)CCN1CCC(N)C(C)(C)C1. The molecule has 1 aromatic carbocycles. The van der Waals surface area contributed by atoms with Crippen LogP contribution in [0.5, 0.6) is 0 Å². The number of piperidine rings is 1. The van der Waals surface area contributed by atoms with Gasteiger partial charge in [0.2, 0.25) is 5.91 Å². The molecule has 1 amide bonds. The Labute approximate surface area is 137 Å². The lowest BCUT2D eigenvalue weighted by Gasteiger charge is -2.42. The number of nitrogens with zero attached hydrogens (tertiary/aromatic N) is 1. The van der Waals surface area contributed by atoms with Crippen LogP contribution in [0.15, 0.2) is 29.2 Å². The first-order valence-electron chi connectivity index (χ1n) is 7.83. The summed E-state index contributed by atoms with van der Waals surface area (Å²) in [5.41, 5.74) is 7.19. The van der Waals surface area contributed by atoms with Crippen LogP contribution >= 0.6 is 11.8 Å². The van der Waals surface area contributed by atoms with Gasteiger partial charge in [-0.2, -0.15) is 0 Å². The average Bonchev–Trinajstić information content (AvgIpc) is 2.49. The quantitative estimate of drug-likeness (QED) is 0.819. The normalized spacial score (nSPS) is 21.5. The van der Waals surface area contributed by atoms with Crippen molar-refractivity contribution in [3.05, 3.63) is 24.3 Å². The second-order valence-corrected chi connectivity index (χ2v) is 7.51. The Balaban J connectivity index is 1.83. The van der Waals surface area contributed by atoms with Gasteiger partial charge in [-0.1, -0.05) is 26.0 Å². The molecule has 0 saturated carbocycles. The summed E-state index contributed by atoms with van der Waals surface area (Å²) in [6.07, 6.45) is 3.54. The van der Waals surface area contributed by atoms with E-state index in [1.807, 2.05) is 30.5 Å². The molecule has 0 aliphatic carbocycles. The van der Waals surface area contributed by atoms with Gasteiger partial charge in [0.25, 0.3) is 0 Å². The van der Waals surface area contributed by atoms with Gasteiger partial charge >= 0.3 is 0 Å². The van der Waals surface area contributed by atoms with Crippen LogP contribution in [-0.2, 0) is 4.79 Å². The van der Waals surface area contributed by atoms with E-state index in [4.69, 9.17) is 5.73 Å². The summed E-state index contributed by atoms with van der Waals surface area (Å²) in [4.78, 5) is 15.6. The molecule has 1 aliphatic rings. The predicted octanol–water partition coefficient (Wildman–Crippen LogP) is 2.80. The van der Waals surface area contributed by atoms with Gasteiger partial charge < -0.3 is 16.0 Å². The second-order valence-electron chi connectivity index (χ2n) is 6.66. The minimum absolute atomic E-state index is 0.0779. The van der Waals surface area contributed by atoms with E-state index >= 15 is 0 Å². The number of thioether (sulfide) groups is 1. The fraction of sp³-hybridized carbons (Fsp3) is 0.588. The molecule has 1 atom stereocenters. The number of hydrogen-bond acceptors (Lipinski definition) is 4. The Hall–Kier alpha value is -1.04. The fourth-order valence-electron chi connectivity index (χ4n) is 2.90. The maximum absolute atomic E-state index is 12.2. The Bertz CT molecular complexity index is 518. The summed E-state index contributed by atoms with van der Waals surface area (Å²) < 4.78 is 0. The summed E-state index contributed by atoms with van der Waals surface area (Å²) >= 11 is 1.64. The number of carbonyl (C=O) groups excluding carboxylic acids is 1. The topological polar surface area (TPSA) is 58.4 Å². The highest BCUT2D eigenvalue weighted by Crippen LogP contribution is 2.28. The molecule has 1 aromatic rings. The molecule has 1 unspecified atom stereocenters. The molecular formula is C17H27N3OS. The molecule has 1 saturated heterocycles. The van der Waals surface area contributed by atoms with Crippen LogP contribution in [0.25, 0.3) is 0 Å². The minimum atomic E-state index is 0.0779. The molecule has 1 fully saturated rings. The van der Waals surface area contributed by atoms with E-state index in [1.165, 1.54) is 0 Å². The van der Waals surface area contributed by atoms with E-state index in [-0.39, 0.29) is 17.4 Å². The minimum Gasteiger partial charge on any atom is -0.327 e. The summed E-state index contributed by atoms with van der Waals surface area (Å²) in [6.45, 7) is 7.16. The Morgan fingerprint density at radius 1 is 1.45 bits per heavy atom. The lowest BCUT2D eigenvalue weighted by atomic mass is 9.80. The van der Waals surface area contributed by atoms with Crippen molar-refractivity contribution in [3.8, 4) is 0 Å². The Morgan fingerprint density at radius 3 is 2.86 bits per heavy atom. The molecule has 1 aliphatic heterocycles. The maximum Gasteiger partial charge on any atom is 0.225 e. The molecule has 122 valence electrons. The largest absolute Gasteiger partial charge is 0.327 e. The van der Waals surface area contributed by atoms with Gasteiger partial charge in [0, 0.05) is 30.4 Å². The first-order valence-corrected chi connectivity index (χ1v) is 9.05. The van der Waals surface area contributed by atoms with Crippen LogP contribution in [0, 0.1) is 5.41 Å². The monoisotopic (exact) mass is 321 g/mol. The molecule has 0 aromatic heterocycles. The van der Waals surface area contributed by atoms with E-state index in [1.54, 1.807) is 11.8 Å². The van der Waals surface area contributed by atoms with Crippen molar-refractivity contribution in [2.24, 2.45) is 11.1 Å². The molecule has 4 nitrogen and oxygen atoms in total. The lowest BCUT2D eigenvalue weighted by Crippen LogP contribution is -2.52. The molecule has 0 bridgehead atoms. The lowest BCUT2D eigenvalue weighted by molar-refractivity contribution is -0.116. The van der Waals surface area contributed by atoms with Crippen LogP contribution in [-0.4, -0.2) is 42.7 Å². The first kappa shape index (κ1) is 17.3. The van der Waals surface area contributed by atoms with Crippen LogP contribution in [0.4, 0.5) is 5.69 Å².